The van der Waals surface area contributed by atoms with E-state index in [-0.39, 0.29) is 10.7 Å². The monoisotopic (exact) mass is 419 g/mol. The molecule has 0 aliphatic rings. The van der Waals surface area contributed by atoms with Crippen molar-refractivity contribution in [1.29, 1.82) is 0 Å². The van der Waals surface area contributed by atoms with E-state index < -0.39 is 10.0 Å². The number of sulfonamides is 1. The minimum atomic E-state index is -3.69. The minimum Gasteiger partial charge on any atom is -0.261 e. The van der Waals surface area contributed by atoms with Gasteiger partial charge in [0.05, 0.1) is 11.1 Å². The molecule has 0 atom stereocenters. The van der Waals surface area contributed by atoms with Crippen LogP contribution in [-0.4, -0.2) is 18.4 Å². The van der Waals surface area contributed by atoms with E-state index in [0.717, 1.165) is 11.1 Å². The molecule has 0 aliphatic heterocycles. The summed E-state index contributed by atoms with van der Waals surface area (Å²) in [5, 5.41) is 0. The van der Waals surface area contributed by atoms with E-state index in [0.29, 0.717) is 9.21 Å². The maximum absolute atomic E-state index is 12.3. The van der Waals surface area contributed by atoms with Crippen LogP contribution >= 0.6 is 31.9 Å². The van der Waals surface area contributed by atoms with Crippen LogP contribution in [-0.2, 0) is 10.0 Å². The van der Waals surface area contributed by atoms with Crippen LogP contribution in [0.5, 0.6) is 0 Å². The van der Waals surface area contributed by atoms with Crippen LogP contribution in [0.25, 0.3) is 0 Å². The molecule has 0 aliphatic carbocycles. The lowest BCUT2D eigenvalue weighted by Crippen LogP contribution is -2.15. The van der Waals surface area contributed by atoms with Gasteiger partial charge in [-0.2, -0.15) is 0 Å². The molecule has 1 heterocycles. The second-order valence-corrected chi connectivity index (χ2v) is 7.43. The summed E-state index contributed by atoms with van der Waals surface area (Å²) in [6.45, 7) is 3.79. The third-order valence-corrected chi connectivity index (χ3v) is 4.99. The maximum atomic E-state index is 12.3. The molecular formula is C12H11Br2N3O2S. The number of anilines is 1. The van der Waals surface area contributed by atoms with Crippen LogP contribution < -0.4 is 4.72 Å². The molecule has 5 nitrogen and oxygen atoms in total. The quantitative estimate of drug-likeness (QED) is 0.825. The van der Waals surface area contributed by atoms with Gasteiger partial charge in [-0.1, -0.05) is 6.07 Å². The van der Waals surface area contributed by atoms with Gasteiger partial charge in [-0.05, 0) is 69.0 Å². The average molecular weight is 421 g/mol. The predicted octanol–water partition coefficient (Wildman–Crippen LogP) is 3.42. The number of nitrogens with zero attached hydrogens (tertiary/aromatic N) is 2. The standard InChI is InChI=1S/C12H11Br2N3O2S/c1-7-3-4-9(5-8(7)2)20(18,19)17-12-11(14)16-10(13)6-15-12/h3-6H,1-2H3,(H,15,17). The first-order chi connectivity index (χ1) is 9.29. The number of hydrogen-bond donors (Lipinski definition) is 1. The first kappa shape index (κ1) is 15.4. The summed E-state index contributed by atoms with van der Waals surface area (Å²) in [5.74, 6) is 0.145. The van der Waals surface area contributed by atoms with Gasteiger partial charge in [0.15, 0.2) is 10.4 Å². The summed E-state index contributed by atoms with van der Waals surface area (Å²) in [7, 11) is -3.69. The smallest absolute Gasteiger partial charge is 0.261 e. The van der Waals surface area contributed by atoms with Crippen molar-refractivity contribution in [3.05, 3.63) is 44.7 Å². The molecular weight excluding hydrogens is 410 g/mol. The Hall–Kier alpha value is -0.990. The zero-order valence-corrected chi connectivity index (χ0v) is 14.7. The van der Waals surface area contributed by atoms with Gasteiger partial charge in [0, 0.05) is 0 Å². The zero-order valence-electron chi connectivity index (χ0n) is 10.7. The van der Waals surface area contributed by atoms with Crippen molar-refractivity contribution >= 4 is 47.7 Å². The van der Waals surface area contributed by atoms with E-state index in [1.165, 1.54) is 6.20 Å². The van der Waals surface area contributed by atoms with E-state index in [4.69, 9.17) is 0 Å². The van der Waals surface area contributed by atoms with E-state index in [2.05, 4.69) is 46.5 Å². The predicted molar refractivity (Wildman–Crippen MR) is 84.2 cm³/mol. The van der Waals surface area contributed by atoms with Gasteiger partial charge in [-0.15, -0.1) is 0 Å². The zero-order chi connectivity index (χ0) is 14.9. The summed E-state index contributed by atoms with van der Waals surface area (Å²) < 4.78 is 27.8. The first-order valence-electron chi connectivity index (χ1n) is 5.58. The minimum absolute atomic E-state index is 0.145. The van der Waals surface area contributed by atoms with Crippen molar-refractivity contribution in [3.8, 4) is 0 Å². The Morgan fingerprint density at radius 1 is 1.15 bits per heavy atom. The molecule has 0 amide bonds. The van der Waals surface area contributed by atoms with Crippen LogP contribution in [0.4, 0.5) is 5.82 Å². The molecule has 0 bridgehead atoms. The SMILES string of the molecule is Cc1ccc(S(=O)(=O)Nc2ncc(Br)nc2Br)cc1C. The van der Waals surface area contributed by atoms with Gasteiger partial charge in [0.2, 0.25) is 0 Å². The van der Waals surface area contributed by atoms with Crippen molar-refractivity contribution in [2.45, 2.75) is 18.7 Å². The Morgan fingerprint density at radius 3 is 2.45 bits per heavy atom. The van der Waals surface area contributed by atoms with Gasteiger partial charge >= 0.3 is 0 Å². The van der Waals surface area contributed by atoms with Gasteiger partial charge in [-0.3, -0.25) is 4.72 Å². The van der Waals surface area contributed by atoms with Gasteiger partial charge in [0.25, 0.3) is 10.0 Å². The van der Waals surface area contributed by atoms with E-state index >= 15 is 0 Å². The van der Waals surface area contributed by atoms with E-state index in [1.54, 1.807) is 18.2 Å². The molecule has 1 aromatic carbocycles. The lowest BCUT2D eigenvalue weighted by atomic mass is 10.1. The fourth-order valence-electron chi connectivity index (χ4n) is 1.48. The van der Waals surface area contributed by atoms with Gasteiger partial charge < -0.3 is 0 Å². The molecule has 20 heavy (non-hydrogen) atoms. The highest BCUT2D eigenvalue weighted by molar-refractivity contribution is 9.11. The van der Waals surface area contributed by atoms with Crippen LogP contribution in [0.15, 0.2) is 38.5 Å². The average Bonchev–Trinajstić information content (AvgIpc) is 2.36. The second-order valence-electron chi connectivity index (χ2n) is 4.18. The highest BCUT2D eigenvalue weighted by atomic mass is 79.9. The molecule has 0 spiro atoms. The first-order valence-corrected chi connectivity index (χ1v) is 8.64. The van der Waals surface area contributed by atoms with Crippen LogP contribution in [0.1, 0.15) is 11.1 Å². The Bertz CT molecular complexity index is 763. The maximum Gasteiger partial charge on any atom is 0.263 e. The number of halogens is 2. The number of nitrogens with one attached hydrogen (secondary N) is 1. The third kappa shape index (κ3) is 3.36. The number of hydrogen-bond acceptors (Lipinski definition) is 4. The summed E-state index contributed by atoms with van der Waals surface area (Å²) in [5.41, 5.74) is 1.95. The second kappa shape index (κ2) is 5.79. The number of rotatable bonds is 3. The van der Waals surface area contributed by atoms with Crippen molar-refractivity contribution in [2.75, 3.05) is 4.72 Å². The van der Waals surface area contributed by atoms with Crippen molar-refractivity contribution in [2.24, 2.45) is 0 Å². The Labute approximate surface area is 134 Å². The number of benzene rings is 1. The molecule has 2 aromatic rings. The topological polar surface area (TPSA) is 72.0 Å². The largest absolute Gasteiger partial charge is 0.263 e. The molecule has 0 unspecified atom stereocenters. The molecule has 0 fully saturated rings. The third-order valence-electron chi connectivity index (χ3n) is 2.72. The van der Waals surface area contributed by atoms with Crippen molar-refractivity contribution in [3.63, 3.8) is 0 Å². The fraction of sp³-hybridized carbons (Fsp3) is 0.167. The highest BCUT2D eigenvalue weighted by Crippen LogP contribution is 2.23. The van der Waals surface area contributed by atoms with E-state index in [9.17, 15) is 8.42 Å². The molecule has 8 heteroatoms. The normalized spacial score (nSPS) is 11.4. The summed E-state index contributed by atoms with van der Waals surface area (Å²) in [6.07, 6.45) is 1.42. The highest BCUT2D eigenvalue weighted by Gasteiger charge is 2.17. The Balaban J connectivity index is 2.38. The fourth-order valence-corrected chi connectivity index (χ4v) is 3.62. The molecule has 106 valence electrons. The number of aryl methyl sites for hydroxylation is 2. The van der Waals surface area contributed by atoms with E-state index in [1.807, 2.05) is 13.8 Å². The van der Waals surface area contributed by atoms with Crippen LogP contribution in [0.2, 0.25) is 0 Å². The lowest BCUT2D eigenvalue weighted by molar-refractivity contribution is 0.601. The molecule has 1 aromatic heterocycles. The summed E-state index contributed by atoms with van der Waals surface area (Å²) in [4.78, 5) is 8.20. The van der Waals surface area contributed by atoms with Crippen LogP contribution in [0, 0.1) is 13.8 Å². The lowest BCUT2D eigenvalue weighted by Gasteiger charge is -2.10. The van der Waals surface area contributed by atoms with Gasteiger partial charge in [0.1, 0.15) is 4.60 Å². The molecule has 0 saturated heterocycles. The van der Waals surface area contributed by atoms with Crippen LogP contribution in [0.3, 0.4) is 0 Å². The molecule has 2 rings (SSSR count). The number of aromatic nitrogens is 2. The molecule has 1 N–H and O–H groups in total. The van der Waals surface area contributed by atoms with Crippen molar-refractivity contribution < 1.29 is 8.42 Å². The Kier molecular flexibility index (Phi) is 4.46. The van der Waals surface area contributed by atoms with Gasteiger partial charge in [-0.25, -0.2) is 18.4 Å². The molecule has 0 saturated carbocycles. The summed E-state index contributed by atoms with van der Waals surface area (Å²) >= 11 is 6.33. The summed E-state index contributed by atoms with van der Waals surface area (Å²) in [6, 6.07) is 4.95. The van der Waals surface area contributed by atoms with Crippen molar-refractivity contribution in [1.82, 2.24) is 9.97 Å². The molecule has 0 radical (unpaired) electrons. The Morgan fingerprint density at radius 2 is 1.85 bits per heavy atom.